The van der Waals surface area contributed by atoms with Gasteiger partial charge < -0.3 is 14.0 Å². The molecule has 0 spiro atoms. The number of thiazole rings is 1. The summed E-state index contributed by atoms with van der Waals surface area (Å²) in [5, 5.41) is 0. The summed E-state index contributed by atoms with van der Waals surface area (Å²) in [7, 11) is 1.62. The number of carbonyl (C=O) groups is 2. The van der Waals surface area contributed by atoms with Crippen molar-refractivity contribution < 1.29 is 19.1 Å². The van der Waals surface area contributed by atoms with Crippen molar-refractivity contribution in [3.05, 3.63) is 64.5 Å². The van der Waals surface area contributed by atoms with Crippen LogP contribution in [-0.4, -0.2) is 36.8 Å². The molecule has 1 aromatic heterocycles. The van der Waals surface area contributed by atoms with Crippen molar-refractivity contribution in [2.24, 2.45) is 4.99 Å². The van der Waals surface area contributed by atoms with Crippen LogP contribution >= 0.6 is 11.3 Å². The van der Waals surface area contributed by atoms with Crippen molar-refractivity contribution in [3.63, 3.8) is 0 Å². The number of methoxy groups -OCH3 is 1. The highest BCUT2D eigenvalue weighted by atomic mass is 32.1. The van der Waals surface area contributed by atoms with E-state index >= 15 is 0 Å². The van der Waals surface area contributed by atoms with E-state index in [0.717, 1.165) is 10.2 Å². The van der Waals surface area contributed by atoms with Crippen LogP contribution in [0.1, 0.15) is 27.6 Å². The van der Waals surface area contributed by atoms with E-state index in [2.05, 4.69) is 4.99 Å². The number of esters is 1. The fourth-order valence-electron chi connectivity index (χ4n) is 2.63. The Morgan fingerprint density at radius 2 is 1.89 bits per heavy atom. The fourth-order valence-corrected chi connectivity index (χ4v) is 3.72. The number of hydrogen-bond acceptors (Lipinski definition) is 5. The first-order valence-corrected chi connectivity index (χ1v) is 9.39. The maximum absolute atomic E-state index is 12.5. The number of carbonyl (C=O) groups excluding carboxylic acids is 2. The average molecular weight is 384 g/mol. The molecule has 1 heterocycles. The van der Waals surface area contributed by atoms with Gasteiger partial charge in [-0.15, -0.1) is 0 Å². The molecule has 1 amide bonds. The van der Waals surface area contributed by atoms with Gasteiger partial charge in [-0.2, -0.15) is 4.99 Å². The van der Waals surface area contributed by atoms with E-state index in [4.69, 9.17) is 9.47 Å². The molecule has 0 aliphatic rings. The smallest absolute Gasteiger partial charge is 0.338 e. The second-order valence-corrected chi connectivity index (χ2v) is 6.72. The molecule has 0 saturated carbocycles. The molecule has 0 N–H and O–H groups in total. The number of hydrogen-bond donors (Lipinski definition) is 0. The molecule has 7 heteroatoms. The number of benzene rings is 2. The normalized spacial score (nSPS) is 11.7. The molecular weight excluding hydrogens is 364 g/mol. The Bertz CT molecular complexity index is 1020. The number of aromatic nitrogens is 1. The second-order valence-electron chi connectivity index (χ2n) is 5.72. The van der Waals surface area contributed by atoms with Gasteiger partial charge in [0.15, 0.2) is 4.80 Å². The van der Waals surface area contributed by atoms with Crippen molar-refractivity contribution in [2.45, 2.75) is 13.5 Å². The lowest BCUT2D eigenvalue weighted by atomic mass is 10.2. The van der Waals surface area contributed by atoms with E-state index < -0.39 is 0 Å². The van der Waals surface area contributed by atoms with Gasteiger partial charge in [-0.25, -0.2) is 4.79 Å². The van der Waals surface area contributed by atoms with Crippen LogP contribution in [0.5, 0.6) is 0 Å². The Morgan fingerprint density at radius 1 is 1.11 bits per heavy atom. The summed E-state index contributed by atoms with van der Waals surface area (Å²) in [4.78, 5) is 29.4. The van der Waals surface area contributed by atoms with Gasteiger partial charge in [0, 0.05) is 19.2 Å². The summed E-state index contributed by atoms with van der Waals surface area (Å²) in [6.45, 7) is 3.13. The zero-order valence-corrected chi connectivity index (χ0v) is 16.0. The lowest BCUT2D eigenvalue weighted by Crippen LogP contribution is -2.19. The highest BCUT2D eigenvalue weighted by Crippen LogP contribution is 2.20. The third kappa shape index (κ3) is 4.32. The number of rotatable bonds is 6. The third-order valence-electron chi connectivity index (χ3n) is 3.93. The Morgan fingerprint density at radius 3 is 2.59 bits per heavy atom. The monoisotopic (exact) mass is 384 g/mol. The maximum atomic E-state index is 12.5. The number of amides is 1. The van der Waals surface area contributed by atoms with Crippen LogP contribution in [0.2, 0.25) is 0 Å². The Kier molecular flexibility index (Phi) is 6.16. The minimum Gasteiger partial charge on any atom is -0.462 e. The Balaban J connectivity index is 2.08. The summed E-state index contributed by atoms with van der Waals surface area (Å²) < 4.78 is 13.0. The van der Waals surface area contributed by atoms with Crippen LogP contribution in [0.3, 0.4) is 0 Å². The van der Waals surface area contributed by atoms with Crippen LogP contribution in [-0.2, 0) is 16.0 Å². The molecule has 0 saturated heterocycles. The summed E-state index contributed by atoms with van der Waals surface area (Å²) in [6, 6.07) is 14.3. The molecule has 3 rings (SSSR count). The minimum atomic E-state index is -0.366. The molecule has 0 bridgehead atoms. The molecule has 3 aromatic rings. The zero-order chi connectivity index (χ0) is 19.2. The van der Waals surface area contributed by atoms with Gasteiger partial charge in [-0.3, -0.25) is 4.79 Å². The van der Waals surface area contributed by atoms with E-state index in [0.29, 0.717) is 35.7 Å². The summed E-state index contributed by atoms with van der Waals surface area (Å²) in [5.41, 5.74) is 1.90. The lowest BCUT2D eigenvalue weighted by Gasteiger charge is -2.05. The molecule has 0 fully saturated rings. The van der Waals surface area contributed by atoms with Gasteiger partial charge in [0.05, 0.1) is 29.0 Å². The van der Waals surface area contributed by atoms with Gasteiger partial charge in [0.25, 0.3) is 5.91 Å². The summed E-state index contributed by atoms with van der Waals surface area (Å²) >= 11 is 1.36. The molecule has 2 aromatic carbocycles. The Labute approximate surface area is 160 Å². The number of ether oxygens (including phenoxy) is 2. The van der Waals surface area contributed by atoms with Crippen molar-refractivity contribution in [1.82, 2.24) is 4.57 Å². The zero-order valence-electron chi connectivity index (χ0n) is 15.2. The fraction of sp³-hybridized carbons (Fsp3) is 0.250. The quantitative estimate of drug-likeness (QED) is 0.612. The topological polar surface area (TPSA) is 69.9 Å². The van der Waals surface area contributed by atoms with Gasteiger partial charge in [-0.1, -0.05) is 29.5 Å². The van der Waals surface area contributed by atoms with Gasteiger partial charge in [-0.05, 0) is 37.3 Å². The van der Waals surface area contributed by atoms with E-state index in [1.165, 1.54) is 11.3 Å². The highest BCUT2D eigenvalue weighted by molar-refractivity contribution is 7.16. The van der Waals surface area contributed by atoms with Gasteiger partial charge in [0.2, 0.25) is 0 Å². The molecule has 140 valence electrons. The van der Waals surface area contributed by atoms with Crippen molar-refractivity contribution in [2.75, 3.05) is 20.3 Å². The SMILES string of the molecule is CCOC(=O)c1ccc2c(c1)sc(=NC(=O)c1ccccc1)n2CCOC. The van der Waals surface area contributed by atoms with Gasteiger partial charge >= 0.3 is 5.97 Å². The predicted molar refractivity (Wildman–Crippen MR) is 104 cm³/mol. The van der Waals surface area contributed by atoms with Crippen molar-refractivity contribution in [1.29, 1.82) is 0 Å². The molecule has 27 heavy (non-hydrogen) atoms. The highest BCUT2D eigenvalue weighted by Gasteiger charge is 2.13. The standard InChI is InChI=1S/C20H20N2O4S/c1-3-26-19(24)15-9-10-16-17(13-15)27-20(22(16)11-12-25-2)21-18(23)14-7-5-4-6-8-14/h4-10,13H,3,11-12H2,1-2H3. The Hall–Kier alpha value is -2.77. The molecule has 0 radical (unpaired) electrons. The van der Waals surface area contributed by atoms with Crippen molar-refractivity contribution >= 4 is 33.4 Å². The van der Waals surface area contributed by atoms with E-state index in [-0.39, 0.29) is 11.9 Å². The van der Waals surface area contributed by atoms with Crippen LogP contribution in [0, 0.1) is 0 Å². The summed E-state index contributed by atoms with van der Waals surface area (Å²) in [6.07, 6.45) is 0. The molecule has 0 atom stereocenters. The first-order chi connectivity index (χ1) is 13.1. The van der Waals surface area contributed by atoms with Gasteiger partial charge in [0.1, 0.15) is 0 Å². The average Bonchev–Trinajstić information content (AvgIpc) is 3.03. The van der Waals surface area contributed by atoms with Crippen LogP contribution in [0.15, 0.2) is 53.5 Å². The van der Waals surface area contributed by atoms with E-state index in [1.807, 2.05) is 16.7 Å². The number of nitrogens with zero attached hydrogens (tertiary/aromatic N) is 2. The number of fused-ring (bicyclic) bond motifs is 1. The summed E-state index contributed by atoms with van der Waals surface area (Å²) in [5.74, 6) is -0.672. The predicted octanol–water partition coefficient (Wildman–Crippen LogP) is 3.27. The molecule has 6 nitrogen and oxygen atoms in total. The molecule has 0 unspecified atom stereocenters. The largest absolute Gasteiger partial charge is 0.462 e. The van der Waals surface area contributed by atoms with Crippen LogP contribution in [0.4, 0.5) is 0 Å². The van der Waals surface area contributed by atoms with Crippen LogP contribution in [0.25, 0.3) is 10.2 Å². The minimum absolute atomic E-state index is 0.307. The molecule has 0 aliphatic heterocycles. The molecule has 0 aliphatic carbocycles. The third-order valence-corrected chi connectivity index (χ3v) is 4.97. The first kappa shape index (κ1) is 19.0. The second kappa shape index (κ2) is 8.75. The first-order valence-electron chi connectivity index (χ1n) is 8.57. The lowest BCUT2D eigenvalue weighted by molar-refractivity contribution is 0.0526. The maximum Gasteiger partial charge on any atom is 0.338 e. The van der Waals surface area contributed by atoms with Crippen LogP contribution < -0.4 is 4.80 Å². The molecular formula is C20H20N2O4S. The van der Waals surface area contributed by atoms with Crippen molar-refractivity contribution in [3.8, 4) is 0 Å². The van der Waals surface area contributed by atoms with E-state index in [9.17, 15) is 9.59 Å². The van der Waals surface area contributed by atoms with E-state index in [1.54, 1.807) is 50.4 Å².